The Morgan fingerprint density at radius 3 is 2.59 bits per heavy atom. The van der Waals surface area contributed by atoms with Gasteiger partial charge in [-0.2, -0.15) is 0 Å². The number of nitrogens with zero attached hydrogens (tertiary/aromatic N) is 1. The minimum atomic E-state index is -1.19. The summed E-state index contributed by atoms with van der Waals surface area (Å²) in [4.78, 5) is 23.1. The van der Waals surface area contributed by atoms with Crippen LogP contribution in [0, 0.1) is 5.82 Å². The van der Waals surface area contributed by atoms with Crippen molar-refractivity contribution < 1.29 is 19.1 Å². The molecule has 0 aliphatic heterocycles. The van der Waals surface area contributed by atoms with Crippen molar-refractivity contribution in [3.05, 3.63) is 29.6 Å². The van der Waals surface area contributed by atoms with Crippen LogP contribution in [0.15, 0.2) is 18.2 Å². The van der Waals surface area contributed by atoms with E-state index in [9.17, 15) is 14.0 Å². The van der Waals surface area contributed by atoms with Crippen LogP contribution >= 0.6 is 0 Å². The summed E-state index contributed by atoms with van der Waals surface area (Å²) in [6.45, 7) is -0.000161. The van der Waals surface area contributed by atoms with E-state index >= 15 is 0 Å². The van der Waals surface area contributed by atoms with Crippen molar-refractivity contribution in [1.82, 2.24) is 5.32 Å². The number of carboxylic acids is 1. The maximum absolute atomic E-state index is 13.6. The first-order valence-electron chi connectivity index (χ1n) is 4.90. The van der Waals surface area contributed by atoms with E-state index in [1.165, 1.54) is 24.1 Å². The Kier molecular flexibility index (Phi) is 4.03. The Bertz CT molecular complexity index is 448. The third-order valence-electron chi connectivity index (χ3n) is 2.27. The van der Waals surface area contributed by atoms with Crippen molar-refractivity contribution in [3.8, 4) is 0 Å². The molecule has 17 heavy (non-hydrogen) atoms. The highest BCUT2D eigenvalue weighted by Gasteiger charge is 2.13. The van der Waals surface area contributed by atoms with Crippen LogP contribution in [0.5, 0.6) is 0 Å². The Balaban J connectivity index is 2.92. The molecule has 0 saturated heterocycles. The average Bonchev–Trinajstić information content (AvgIpc) is 2.28. The molecule has 1 aromatic rings. The summed E-state index contributed by atoms with van der Waals surface area (Å²) in [6.07, 6.45) is 0. The maximum Gasteiger partial charge on any atom is 0.335 e. The highest BCUT2D eigenvalue weighted by molar-refractivity contribution is 5.88. The molecular formula is C11H13FN2O3. The quantitative estimate of drug-likeness (QED) is 0.813. The Morgan fingerprint density at radius 2 is 2.12 bits per heavy atom. The lowest BCUT2D eigenvalue weighted by Crippen LogP contribution is -2.33. The van der Waals surface area contributed by atoms with Crippen LogP contribution in [0.1, 0.15) is 10.4 Å². The van der Waals surface area contributed by atoms with Gasteiger partial charge in [0, 0.05) is 14.1 Å². The van der Waals surface area contributed by atoms with Gasteiger partial charge in [0.2, 0.25) is 5.91 Å². The molecule has 0 fully saturated rings. The first-order chi connectivity index (χ1) is 7.95. The van der Waals surface area contributed by atoms with Gasteiger partial charge in [-0.25, -0.2) is 9.18 Å². The fourth-order valence-corrected chi connectivity index (χ4v) is 1.33. The molecule has 0 unspecified atom stereocenters. The van der Waals surface area contributed by atoms with Crippen molar-refractivity contribution in [3.63, 3.8) is 0 Å². The molecule has 1 aromatic carbocycles. The van der Waals surface area contributed by atoms with E-state index in [1.807, 2.05) is 0 Å². The number of amides is 1. The van der Waals surface area contributed by atoms with Gasteiger partial charge in [-0.15, -0.1) is 0 Å². The molecule has 0 aliphatic rings. The molecule has 0 bridgehead atoms. The molecule has 1 amide bonds. The second kappa shape index (κ2) is 5.29. The molecule has 0 atom stereocenters. The summed E-state index contributed by atoms with van der Waals surface area (Å²) in [5, 5.41) is 11.1. The number of aromatic carboxylic acids is 1. The summed E-state index contributed by atoms with van der Waals surface area (Å²) in [5.74, 6) is -2.12. The van der Waals surface area contributed by atoms with Crippen LogP contribution < -0.4 is 10.2 Å². The number of halogens is 1. The topological polar surface area (TPSA) is 69.6 Å². The van der Waals surface area contributed by atoms with E-state index in [-0.39, 0.29) is 23.7 Å². The van der Waals surface area contributed by atoms with Crippen LogP contribution in [0.2, 0.25) is 0 Å². The number of carboxylic acid groups (broad SMARTS) is 1. The first-order valence-corrected chi connectivity index (χ1v) is 4.90. The average molecular weight is 240 g/mol. The van der Waals surface area contributed by atoms with E-state index in [1.54, 1.807) is 7.05 Å². The minimum absolute atomic E-state index is 0.000161. The molecule has 2 N–H and O–H groups in total. The number of carbonyl (C=O) groups is 2. The van der Waals surface area contributed by atoms with Gasteiger partial charge in [-0.1, -0.05) is 0 Å². The van der Waals surface area contributed by atoms with Crippen molar-refractivity contribution in [1.29, 1.82) is 0 Å². The summed E-state index contributed by atoms with van der Waals surface area (Å²) < 4.78 is 13.6. The number of anilines is 1. The number of benzene rings is 1. The third kappa shape index (κ3) is 3.17. The molecule has 0 spiro atoms. The summed E-state index contributed by atoms with van der Waals surface area (Å²) in [5.41, 5.74) is 0.0539. The zero-order chi connectivity index (χ0) is 13.0. The highest BCUT2D eigenvalue weighted by Crippen LogP contribution is 2.19. The van der Waals surface area contributed by atoms with Crippen molar-refractivity contribution in [2.24, 2.45) is 0 Å². The van der Waals surface area contributed by atoms with Gasteiger partial charge in [-0.05, 0) is 18.2 Å². The van der Waals surface area contributed by atoms with E-state index < -0.39 is 11.8 Å². The molecule has 6 heteroatoms. The van der Waals surface area contributed by atoms with E-state index in [0.717, 1.165) is 6.07 Å². The molecule has 1 rings (SSSR count). The Hall–Kier alpha value is -2.11. The SMILES string of the molecule is CNC(=O)CN(C)c1ccc(C(=O)O)cc1F. The molecule has 0 heterocycles. The molecule has 5 nitrogen and oxygen atoms in total. The Morgan fingerprint density at radius 1 is 1.47 bits per heavy atom. The Labute approximate surface area is 97.8 Å². The van der Waals surface area contributed by atoms with Gasteiger partial charge in [0.1, 0.15) is 5.82 Å². The number of rotatable bonds is 4. The number of likely N-dealkylation sites (N-methyl/N-ethyl adjacent to an activating group) is 2. The molecule has 0 radical (unpaired) electrons. The maximum atomic E-state index is 13.6. The molecule has 0 aromatic heterocycles. The van der Waals surface area contributed by atoms with E-state index in [4.69, 9.17) is 5.11 Å². The highest BCUT2D eigenvalue weighted by atomic mass is 19.1. The summed E-state index contributed by atoms with van der Waals surface area (Å²) in [6, 6.07) is 3.56. The van der Waals surface area contributed by atoms with Crippen LogP contribution in [-0.4, -0.2) is 37.6 Å². The fraction of sp³-hybridized carbons (Fsp3) is 0.273. The number of hydrogen-bond donors (Lipinski definition) is 2. The van der Waals surface area contributed by atoms with Gasteiger partial charge in [0.15, 0.2) is 0 Å². The van der Waals surface area contributed by atoms with Gasteiger partial charge >= 0.3 is 5.97 Å². The molecule has 0 saturated carbocycles. The first kappa shape index (κ1) is 13.0. The normalized spacial score (nSPS) is 9.82. The van der Waals surface area contributed by atoms with E-state index in [0.29, 0.717) is 0 Å². The second-order valence-corrected chi connectivity index (χ2v) is 3.50. The molecule has 0 aliphatic carbocycles. The zero-order valence-electron chi connectivity index (χ0n) is 9.53. The predicted octanol–water partition coefficient (Wildman–Crippen LogP) is 0.706. The van der Waals surface area contributed by atoms with Crippen molar-refractivity contribution >= 4 is 17.6 Å². The number of carbonyl (C=O) groups excluding carboxylic acids is 1. The molecule has 92 valence electrons. The van der Waals surface area contributed by atoms with Gasteiger partial charge in [0.05, 0.1) is 17.8 Å². The van der Waals surface area contributed by atoms with Gasteiger partial charge < -0.3 is 15.3 Å². The summed E-state index contributed by atoms with van der Waals surface area (Å²) >= 11 is 0. The van der Waals surface area contributed by atoms with Crippen LogP contribution in [0.25, 0.3) is 0 Å². The smallest absolute Gasteiger partial charge is 0.335 e. The van der Waals surface area contributed by atoms with Crippen molar-refractivity contribution in [2.45, 2.75) is 0 Å². The van der Waals surface area contributed by atoms with Crippen LogP contribution in [0.4, 0.5) is 10.1 Å². The lowest BCUT2D eigenvalue weighted by atomic mass is 10.2. The van der Waals surface area contributed by atoms with Gasteiger partial charge in [0.25, 0.3) is 0 Å². The monoisotopic (exact) mass is 240 g/mol. The van der Waals surface area contributed by atoms with E-state index in [2.05, 4.69) is 5.32 Å². The molecular weight excluding hydrogens is 227 g/mol. The lowest BCUT2D eigenvalue weighted by molar-refractivity contribution is -0.119. The van der Waals surface area contributed by atoms with Gasteiger partial charge in [-0.3, -0.25) is 4.79 Å². The second-order valence-electron chi connectivity index (χ2n) is 3.50. The van der Waals surface area contributed by atoms with Crippen LogP contribution in [-0.2, 0) is 4.79 Å². The van der Waals surface area contributed by atoms with Crippen LogP contribution in [0.3, 0.4) is 0 Å². The standard InChI is InChI=1S/C11H13FN2O3/c1-13-10(15)6-14(2)9-4-3-7(11(16)17)5-8(9)12/h3-5H,6H2,1-2H3,(H,13,15)(H,16,17). The fourth-order valence-electron chi connectivity index (χ4n) is 1.33. The summed E-state index contributed by atoms with van der Waals surface area (Å²) in [7, 11) is 3.04. The zero-order valence-corrected chi connectivity index (χ0v) is 9.53. The minimum Gasteiger partial charge on any atom is -0.478 e. The van der Waals surface area contributed by atoms with Crippen molar-refractivity contribution in [2.75, 3.05) is 25.5 Å². The lowest BCUT2D eigenvalue weighted by Gasteiger charge is -2.18. The predicted molar refractivity (Wildman–Crippen MR) is 60.7 cm³/mol. The third-order valence-corrected chi connectivity index (χ3v) is 2.27. The number of hydrogen-bond acceptors (Lipinski definition) is 3. The largest absolute Gasteiger partial charge is 0.478 e. The number of nitrogens with one attached hydrogen (secondary N) is 1.